The third-order valence-corrected chi connectivity index (χ3v) is 6.75. The topological polar surface area (TPSA) is 58.5 Å². The van der Waals surface area contributed by atoms with Gasteiger partial charge in [-0.1, -0.05) is 12.1 Å². The minimum absolute atomic E-state index is 0.0233. The average molecular weight is 463 g/mol. The molecule has 2 aliphatic heterocycles. The Balaban J connectivity index is 1.44. The summed E-state index contributed by atoms with van der Waals surface area (Å²) < 4.78 is 7.66. The Morgan fingerprint density at radius 1 is 1.06 bits per heavy atom. The number of pyridine rings is 2. The van der Waals surface area contributed by atoms with Crippen LogP contribution in [0.25, 0.3) is 5.82 Å². The number of morpholine rings is 1. The number of thiocarbonyl (C=S) groups is 1. The molecule has 0 aromatic carbocycles. The third-order valence-electron chi connectivity index (χ3n) is 6.40. The normalized spacial score (nSPS) is 21.4. The first kappa shape index (κ1) is 22.0. The molecule has 2 fully saturated rings. The SMILES string of the molecule is Cc1ccc(-n2cccc2[C@@H]2[C@H](c3ccccn3)NC(=S)N2CCCN2CCOCC2)nc1. The van der Waals surface area contributed by atoms with E-state index in [4.69, 9.17) is 17.0 Å². The van der Waals surface area contributed by atoms with Gasteiger partial charge in [-0.15, -0.1) is 0 Å². The lowest BCUT2D eigenvalue weighted by Crippen LogP contribution is -2.39. The summed E-state index contributed by atoms with van der Waals surface area (Å²) in [6, 6.07) is 14.5. The van der Waals surface area contributed by atoms with Crippen molar-refractivity contribution in [2.75, 3.05) is 39.4 Å². The van der Waals surface area contributed by atoms with Gasteiger partial charge in [0, 0.05) is 50.5 Å². The second-order valence-electron chi connectivity index (χ2n) is 8.62. The summed E-state index contributed by atoms with van der Waals surface area (Å²) in [7, 11) is 0. The summed E-state index contributed by atoms with van der Waals surface area (Å²) in [5, 5.41) is 4.34. The summed E-state index contributed by atoms with van der Waals surface area (Å²) in [6.45, 7) is 7.64. The molecular weight excluding hydrogens is 432 g/mol. The molecule has 8 heteroatoms. The van der Waals surface area contributed by atoms with Crippen LogP contribution in [0, 0.1) is 6.92 Å². The van der Waals surface area contributed by atoms with Crippen molar-refractivity contribution in [1.29, 1.82) is 0 Å². The Labute approximate surface area is 200 Å². The second kappa shape index (κ2) is 9.99. The second-order valence-corrected chi connectivity index (χ2v) is 9.01. The Bertz CT molecular complexity index is 1060. The predicted octanol–water partition coefficient (Wildman–Crippen LogP) is 3.27. The van der Waals surface area contributed by atoms with Crippen LogP contribution >= 0.6 is 12.2 Å². The number of nitrogens with zero attached hydrogens (tertiary/aromatic N) is 5. The van der Waals surface area contributed by atoms with Gasteiger partial charge in [0.15, 0.2) is 5.11 Å². The molecule has 2 aliphatic rings. The Morgan fingerprint density at radius 3 is 2.70 bits per heavy atom. The van der Waals surface area contributed by atoms with Gasteiger partial charge in [-0.3, -0.25) is 9.88 Å². The van der Waals surface area contributed by atoms with Crippen molar-refractivity contribution in [3.05, 3.63) is 78.0 Å². The number of aryl methyl sites for hydroxylation is 1. The minimum atomic E-state index is -0.0267. The number of nitrogens with one attached hydrogen (secondary N) is 1. The Hall–Kier alpha value is -2.81. The van der Waals surface area contributed by atoms with E-state index in [1.165, 1.54) is 0 Å². The van der Waals surface area contributed by atoms with E-state index in [1.807, 2.05) is 24.5 Å². The Kier molecular flexibility index (Phi) is 6.66. The smallest absolute Gasteiger partial charge is 0.170 e. The van der Waals surface area contributed by atoms with E-state index in [0.717, 1.165) is 73.7 Å². The molecule has 2 saturated heterocycles. The zero-order valence-corrected chi connectivity index (χ0v) is 19.7. The minimum Gasteiger partial charge on any atom is -0.379 e. The molecular formula is C25H30N6OS. The number of hydrogen-bond acceptors (Lipinski definition) is 5. The van der Waals surface area contributed by atoms with Crippen LogP contribution in [0.5, 0.6) is 0 Å². The summed E-state index contributed by atoms with van der Waals surface area (Å²) in [5.41, 5.74) is 3.29. The molecule has 0 radical (unpaired) electrons. The fourth-order valence-corrected chi connectivity index (χ4v) is 5.04. The van der Waals surface area contributed by atoms with Gasteiger partial charge in [-0.25, -0.2) is 4.98 Å². The highest BCUT2D eigenvalue weighted by Gasteiger charge is 2.41. The van der Waals surface area contributed by atoms with Crippen LogP contribution in [0.15, 0.2) is 61.1 Å². The highest BCUT2D eigenvalue weighted by molar-refractivity contribution is 7.80. The van der Waals surface area contributed by atoms with E-state index in [-0.39, 0.29) is 12.1 Å². The molecule has 0 aliphatic carbocycles. The van der Waals surface area contributed by atoms with Gasteiger partial charge >= 0.3 is 0 Å². The lowest BCUT2D eigenvalue weighted by Gasteiger charge is -2.30. The maximum Gasteiger partial charge on any atom is 0.170 e. The van der Waals surface area contributed by atoms with Crippen LogP contribution < -0.4 is 5.32 Å². The first-order valence-electron chi connectivity index (χ1n) is 11.6. The molecule has 0 bridgehead atoms. The van der Waals surface area contributed by atoms with Crippen LogP contribution in [0.3, 0.4) is 0 Å². The standard InChI is InChI=1S/C25H30N6OS/c1-19-8-9-22(27-18-19)30-12-4-7-21(30)24-23(20-6-2-3-10-26-20)28-25(33)31(24)13-5-11-29-14-16-32-17-15-29/h2-4,6-10,12,18,23-24H,5,11,13-17H2,1H3,(H,28,33)/t23-,24+/m0/s1. The lowest BCUT2D eigenvalue weighted by atomic mass is 10.0. The Morgan fingerprint density at radius 2 is 1.94 bits per heavy atom. The van der Waals surface area contributed by atoms with Crippen molar-refractivity contribution in [2.24, 2.45) is 0 Å². The van der Waals surface area contributed by atoms with E-state index in [1.54, 1.807) is 0 Å². The zero-order chi connectivity index (χ0) is 22.6. The van der Waals surface area contributed by atoms with Crippen molar-refractivity contribution >= 4 is 17.3 Å². The molecule has 0 spiro atoms. The van der Waals surface area contributed by atoms with Crippen LogP contribution in [-0.4, -0.2) is 68.8 Å². The maximum atomic E-state index is 5.84. The first-order chi connectivity index (χ1) is 16.2. The van der Waals surface area contributed by atoms with Gasteiger partial charge in [-0.05, 0) is 61.5 Å². The molecule has 1 N–H and O–H groups in total. The highest BCUT2D eigenvalue weighted by Crippen LogP contribution is 2.39. The van der Waals surface area contributed by atoms with Crippen LogP contribution in [0.1, 0.15) is 35.5 Å². The fraction of sp³-hybridized carbons (Fsp3) is 0.400. The van der Waals surface area contributed by atoms with E-state index in [9.17, 15) is 0 Å². The number of rotatable bonds is 7. The first-order valence-corrected chi connectivity index (χ1v) is 12.0. The summed E-state index contributed by atoms with van der Waals surface area (Å²) >= 11 is 5.84. The fourth-order valence-electron chi connectivity index (χ4n) is 4.70. The molecule has 3 aromatic heterocycles. The molecule has 3 aromatic rings. The number of hydrogen-bond donors (Lipinski definition) is 1. The lowest BCUT2D eigenvalue weighted by molar-refractivity contribution is 0.0365. The zero-order valence-electron chi connectivity index (χ0n) is 18.9. The van der Waals surface area contributed by atoms with E-state index in [2.05, 4.69) is 73.1 Å². The molecule has 172 valence electrons. The third kappa shape index (κ3) is 4.78. The summed E-state index contributed by atoms with van der Waals surface area (Å²) in [5.74, 6) is 0.909. The molecule has 2 atom stereocenters. The van der Waals surface area contributed by atoms with Crippen molar-refractivity contribution in [2.45, 2.75) is 25.4 Å². The van der Waals surface area contributed by atoms with Crippen molar-refractivity contribution in [1.82, 2.24) is 29.7 Å². The maximum absolute atomic E-state index is 5.84. The van der Waals surface area contributed by atoms with Crippen molar-refractivity contribution in [3.8, 4) is 5.82 Å². The highest BCUT2D eigenvalue weighted by atomic mass is 32.1. The number of ether oxygens (including phenoxy) is 1. The molecule has 0 unspecified atom stereocenters. The van der Waals surface area contributed by atoms with Gasteiger partial charge in [0.05, 0.1) is 31.0 Å². The van der Waals surface area contributed by atoms with Crippen LogP contribution in [0.2, 0.25) is 0 Å². The molecule has 0 amide bonds. The van der Waals surface area contributed by atoms with Gasteiger partial charge < -0.3 is 19.5 Å². The molecule has 5 heterocycles. The van der Waals surface area contributed by atoms with Gasteiger partial charge in [-0.2, -0.15) is 0 Å². The van der Waals surface area contributed by atoms with Crippen LogP contribution in [0.4, 0.5) is 0 Å². The van der Waals surface area contributed by atoms with Crippen molar-refractivity contribution in [3.63, 3.8) is 0 Å². The number of aromatic nitrogens is 3. The van der Waals surface area contributed by atoms with Gasteiger partial charge in [0.2, 0.25) is 0 Å². The average Bonchev–Trinajstić information content (AvgIpc) is 3.45. The summed E-state index contributed by atoms with van der Waals surface area (Å²) in [4.78, 5) is 14.1. The summed E-state index contributed by atoms with van der Waals surface area (Å²) in [6.07, 6.45) is 6.87. The van der Waals surface area contributed by atoms with Gasteiger partial charge in [0.25, 0.3) is 0 Å². The van der Waals surface area contributed by atoms with Crippen LogP contribution in [-0.2, 0) is 4.74 Å². The predicted molar refractivity (Wildman–Crippen MR) is 132 cm³/mol. The van der Waals surface area contributed by atoms with Crippen molar-refractivity contribution < 1.29 is 4.74 Å². The molecule has 5 rings (SSSR count). The molecule has 33 heavy (non-hydrogen) atoms. The molecule has 7 nitrogen and oxygen atoms in total. The van der Waals surface area contributed by atoms with Gasteiger partial charge in [0.1, 0.15) is 5.82 Å². The molecule has 0 saturated carbocycles. The largest absolute Gasteiger partial charge is 0.379 e. The van der Waals surface area contributed by atoms with E-state index < -0.39 is 0 Å². The van der Waals surface area contributed by atoms with E-state index in [0.29, 0.717) is 0 Å². The monoisotopic (exact) mass is 462 g/mol. The van der Waals surface area contributed by atoms with E-state index >= 15 is 0 Å². The quantitative estimate of drug-likeness (QED) is 0.541.